The molecule has 3 atom stereocenters. The fraction of sp³-hybridized carbons (Fsp3) is 0.400. The monoisotopic (exact) mass is 648 g/mol. The Kier molecular flexibility index (Phi) is 7.86. The molecule has 4 aromatic rings. The first kappa shape index (κ1) is 31.0. The molecule has 3 aliphatic heterocycles. The second-order valence-electron chi connectivity index (χ2n) is 12.7. The van der Waals surface area contributed by atoms with Gasteiger partial charge < -0.3 is 29.3 Å². The number of aromatic amines is 1. The van der Waals surface area contributed by atoms with Crippen molar-refractivity contribution in [2.24, 2.45) is 11.8 Å². The molecule has 2 fully saturated rings. The van der Waals surface area contributed by atoms with Crippen LogP contribution in [0.3, 0.4) is 0 Å². The topological polar surface area (TPSA) is 108 Å². The second kappa shape index (κ2) is 11.9. The van der Waals surface area contributed by atoms with Crippen LogP contribution in [0.2, 0.25) is 0 Å². The summed E-state index contributed by atoms with van der Waals surface area (Å²) < 4.78 is 50.6. The Morgan fingerprint density at radius 1 is 1.06 bits per heavy atom. The van der Waals surface area contributed by atoms with Gasteiger partial charge in [0.1, 0.15) is 5.76 Å². The number of carbonyl (C=O) groups excluding carboxylic acids is 3. The first-order valence-electron chi connectivity index (χ1n) is 15.8. The number of piperidine rings is 1. The van der Waals surface area contributed by atoms with Crippen molar-refractivity contribution in [3.8, 4) is 11.3 Å². The van der Waals surface area contributed by atoms with E-state index in [1.165, 1.54) is 12.1 Å². The number of fused-ring (bicyclic) bond motifs is 5. The van der Waals surface area contributed by atoms with Crippen LogP contribution in [0.1, 0.15) is 42.1 Å². The summed E-state index contributed by atoms with van der Waals surface area (Å²) in [6.07, 6.45) is -2.32. The molecule has 7 rings (SSSR count). The third-order valence-corrected chi connectivity index (χ3v) is 9.97. The quantitative estimate of drug-likeness (QED) is 0.297. The molecule has 9 nitrogen and oxygen atoms in total. The molecule has 5 heterocycles. The van der Waals surface area contributed by atoms with Crippen LogP contribution in [0.4, 0.5) is 13.2 Å². The highest BCUT2D eigenvalue weighted by Crippen LogP contribution is 2.50. The van der Waals surface area contributed by atoms with Gasteiger partial charge >= 0.3 is 6.18 Å². The molecular weight excluding hydrogens is 613 g/mol. The van der Waals surface area contributed by atoms with Gasteiger partial charge in [-0.1, -0.05) is 24.3 Å². The zero-order valence-corrected chi connectivity index (χ0v) is 25.9. The van der Waals surface area contributed by atoms with Crippen molar-refractivity contribution in [1.29, 1.82) is 0 Å². The predicted octanol–water partition coefficient (Wildman–Crippen LogP) is 5.25. The number of nitrogens with one attached hydrogen (secondary N) is 2. The molecule has 0 unspecified atom stereocenters. The van der Waals surface area contributed by atoms with Crippen molar-refractivity contribution in [2.75, 3.05) is 32.8 Å². The number of aromatic nitrogens is 1. The molecular formula is C35H35F3N4O5. The summed E-state index contributed by atoms with van der Waals surface area (Å²) in [7, 11) is 0. The third kappa shape index (κ3) is 5.58. The van der Waals surface area contributed by atoms with E-state index in [0.717, 1.165) is 45.6 Å². The zero-order valence-electron chi connectivity index (χ0n) is 25.9. The molecule has 0 aliphatic carbocycles. The number of H-pyrrole nitrogens is 1. The van der Waals surface area contributed by atoms with E-state index < -0.39 is 35.0 Å². The Morgan fingerprint density at radius 3 is 2.62 bits per heavy atom. The highest BCUT2D eigenvalue weighted by atomic mass is 19.4. The van der Waals surface area contributed by atoms with Gasteiger partial charge in [-0.15, -0.1) is 0 Å². The molecule has 3 amide bonds. The molecule has 2 saturated heterocycles. The van der Waals surface area contributed by atoms with Crippen LogP contribution in [0.5, 0.6) is 0 Å². The number of hydrogen-bond acceptors (Lipinski definition) is 5. The molecule has 3 aliphatic rings. The van der Waals surface area contributed by atoms with Gasteiger partial charge in [0.25, 0.3) is 0 Å². The van der Waals surface area contributed by atoms with Gasteiger partial charge in [0.05, 0.1) is 36.5 Å². The molecule has 47 heavy (non-hydrogen) atoms. The molecule has 2 aromatic heterocycles. The number of alkyl halides is 3. The van der Waals surface area contributed by atoms with Gasteiger partial charge in [-0.05, 0) is 61.2 Å². The molecule has 0 bridgehead atoms. The van der Waals surface area contributed by atoms with E-state index in [2.05, 4.69) is 10.3 Å². The first-order valence-corrected chi connectivity index (χ1v) is 15.8. The van der Waals surface area contributed by atoms with Crippen LogP contribution in [-0.4, -0.2) is 65.4 Å². The maximum atomic E-state index is 14.3. The lowest BCUT2D eigenvalue weighted by atomic mass is 9.67. The SMILES string of the molecule is C[C@]12c3[nH]c4cc(-c5ccco5)ccc4c3CCN1C(=O)[C@@H](CC(=O)NCc1cccc(C(F)(F)F)c1)C[C@@H]2C(=O)N1CCOCC1. The van der Waals surface area contributed by atoms with Crippen molar-refractivity contribution in [1.82, 2.24) is 20.1 Å². The molecule has 0 saturated carbocycles. The summed E-state index contributed by atoms with van der Waals surface area (Å²) in [4.78, 5) is 48.8. The van der Waals surface area contributed by atoms with E-state index in [0.29, 0.717) is 44.8 Å². The van der Waals surface area contributed by atoms with E-state index >= 15 is 0 Å². The second-order valence-corrected chi connectivity index (χ2v) is 12.7. The van der Waals surface area contributed by atoms with E-state index in [1.807, 2.05) is 37.3 Å². The molecule has 2 N–H and O–H groups in total. The summed E-state index contributed by atoms with van der Waals surface area (Å²) in [5.41, 5.74) is 2.18. The lowest BCUT2D eigenvalue weighted by Crippen LogP contribution is -2.65. The molecule has 2 aromatic carbocycles. The third-order valence-electron chi connectivity index (χ3n) is 9.97. The van der Waals surface area contributed by atoms with Gasteiger partial charge in [0, 0.05) is 60.7 Å². The maximum absolute atomic E-state index is 14.3. The fourth-order valence-electron chi connectivity index (χ4n) is 7.54. The number of benzene rings is 2. The predicted molar refractivity (Wildman–Crippen MR) is 166 cm³/mol. The highest BCUT2D eigenvalue weighted by Gasteiger charge is 2.57. The first-order chi connectivity index (χ1) is 22.5. The van der Waals surface area contributed by atoms with Crippen LogP contribution >= 0.6 is 0 Å². The number of nitrogens with zero attached hydrogens (tertiary/aromatic N) is 2. The standard InChI is InChI=1S/C35H35F3N4O5/c1-34-27(33(45)41-11-14-46-15-12-41)17-23(19-30(43)39-20-21-4-2-5-24(16-21)35(36,37)38)32(44)42(34)10-9-26-25-8-7-22(29-6-3-13-47-29)18-28(25)40-31(26)34/h2-8,13,16,18,23,27,40H,9-12,14-15,17,19-20H2,1H3,(H,39,43)/t23-,27-,34+/m1/s1. The van der Waals surface area contributed by atoms with Gasteiger partial charge in [-0.3, -0.25) is 14.4 Å². The summed E-state index contributed by atoms with van der Waals surface area (Å²) in [5.74, 6) is -1.45. The Labute approximate surface area is 269 Å². The maximum Gasteiger partial charge on any atom is 0.416 e. The summed E-state index contributed by atoms with van der Waals surface area (Å²) >= 11 is 0. The van der Waals surface area contributed by atoms with Crippen LogP contribution in [-0.2, 0) is 43.8 Å². The van der Waals surface area contributed by atoms with E-state index in [4.69, 9.17) is 9.15 Å². The van der Waals surface area contributed by atoms with Crippen molar-refractivity contribution in [3.63, 3.8) is 0 Å². The van der Waals surface area contributed by atoms with Gasteiger partial charge in [-0.25, -0.2) is 0 Å². The zero-order chi connectivity index (χ0) is 32.9. The number of morpholine rings is 1. The van der Waals surface area contributed by atoms with Crippen LogP contribution in [0.25, 0.3) is 22.2 Å². The lowest BCUT2D eigenvalue weighted by Gasteiger charge is -2.54. The number of hydrogen-bond donors (Lipinski definition) is 2. The number of ether oxygens (including phenoxy) is 1. The lowest BCUT2D eigenvalue weighted by molar-refractivity contribution is -0.166. The van der Waals surface area contributed by atoms with E-state index in [1.54, 1.807) is 16.1 Å². The molecule has 0 radical (unpaired) electrons. The minimum atomic E-state index is -4.50. The van der Waals surface area contributed by atoms with Crippen molar-refractivity contribution < 1.29 is 36.7 Å². The number of furan rings is 1. The Bertz CT molecular complexity index is 1830. The summed E-state index contributed by atoms with van der Waals surface area (Å²) in [6, 6.07) is 14.6. The van der Waals surface area contributed by atoms with Gasteiger partial charge in [-0.2, -0.15) is 13.2 Å². The summed E-state index contributed by atoms with van der Waals surface area (Å²) in [5, 5.41) is 3.71. The minimum absolute atomic E-state index is 0.0922. The fourth-order valence-corrected chi connectivity index (χ4v) is 7.54. The largest absolute Gasteiger partial charge is 0.464 e. The van der Waals surface area contributed by atoms with Crippen molar-refractivity contribution in [3.05, 3.63) is 83.2 Å². The van der Waals surface area contributed by atoms with E-state index in [9.17, 15) is 27.6 Å². The normalized spacial score (nSPS) is 23.0. The summed E-state index contributed by atoms with van der Waals surface area (Å²) in [6.45, 7) is 3.93. The van der Waals surface area contributed by atoms with Crippen LogP contribution in [0, 0.1) is 11.8 Å². The Morgan fingerprint density at radius 2 is 1.87 bits per heavy atom. The average molecular weight is 649 g/mol. The van der Waals surface area contributed by atoms with Crippen molar-refractivity contribution in [2.45, 2.75) is 44.4 Å². The Balaban J connectivity index is 1.18. The van der Waals surface area contributed by atoms with Crippen molar-refractivity contribution >= 4 is 28.6 Å². The van der Waals surface area contributed by atoms with Gasteiger partial charge in [0.2, 0.25) is 17.7 Å². The van der Waals surface area contributed by atoms with Crippen LogP contribution in [0.15, 0.2) is 65.3 Å². The Hall–Kier alpha value is -4.58. The van der Waals surface area contributed by atoms with E-state index in [-0.39, 0.29) is 31.2 Å². The number of carbonyl (C=O) groups is 3. The van der Waals surface area contributed by atoms with Gasteiger partial charge in [0.15, 0.2) is 0 Å². The molecule has 0 spiro atoms. The molecule has 246 valence electrons. The number of halogens is 3. The number of amides is 3. The molecule has 12 heteroatoms. The minimum Gasteiger partial charge on any atom is -0.464 e. The smallest absolute Gasteiger partial charge is 0.416 e. The van der Waals surface area contributed by atoms with Crippen LogP contribution < -0.4 is 5.32 Å². The number of rotatable bonds is 6. The average Bonchev–Trinajstić information content (AvgIpc) is 3.74. The highest BCUT2D eigenvalue weighted by molar-refractivity contribution is 5.93.